The average Bonchev–Trinajstić information content (AvgIpc) is 3.15. The van der Waals surface area contributed by atoms with Crippen LogP contribution in [0.25, 0.3) is 0 Å². The van der Waals surface area contributed by atoms with Crippen molar-refractivity contribution in [2.75, 3.05) is 6.79 Å². The molecule has 1 aliphatic carbocycles. The van der Waals surface area contributed by atoms with Gasteiger partial charge in [-0.05, 0) is 29.8 Å². The lowest BCUT2D eigenvalue weighted by molar-refractivity contribution is -0.125. The van der Waals surface area contributed by atoms with E-state index in [0.29, 0.717) is 34.3 Å². The van der Waals surface area contributed by atoms with Crippen molar-refractivity contribution in [3.63, 3.8) is 0 Å². The van der Waals surface area contributed by atoms with Crippen molar-refractivity contribution in [2.24, 2.45) is 5.92 Å². The smallest absolute Gasteiger partial charge is 0.268 e. The summed E-state index contributed by atoms with van der Waals surface area (Å²) < 4.78 is 46.4. The van der Waals surface area contributed by atoms with Crippen molar-refractivity contribution < 1.29 is 27.8 Å². The number of amides is 1. The van der Waals surface area contributed by atoms with E-state index in [1.807, 2.05) is 36.4 Å². The maximum absolute atomic E-state index is 14.8. The molecule has 1 amide bonds. The van der Waals surface area contributed by atoms with Gasteiger partial charge in [0.25, 0.3) is 5.92 Å². The Balaban J connectivity index is 1.25. The van der Waals surface area contributed by atoms with Gasteiger partial charge in [0.05, 0.1) is 12.0 Å². The number of nitrogens with one attached hydrogen (secondary N) is 1. The van der Waals surface area contributed by atoms with Crippen LogP contribution in [0.3, 0.4) is 0 Å². The second-order valence-electron chi connectivity index (χ2n) is 8.71. The van der Waals surface area contributed by atoms with Crippen molar-refractivity contribution in [3.8, 4) is 17.2 Å². The number of para-hydroxylation sites is 1. The molecule has 4 unspecified atom stereocenters. The molecule has 174 valence electrons. The Labute approximate surface area is 199 Å². The first-order chi connectivity index (χ1) is 16.4. The molecule has 0 saturated heterocycles. The third-order valence-electron chi connectivity index (χ3n) is 6.67. The first-order valence-electron chi connectivity index (χ1n) is 11.0. The van der Waals surface area contributed by atoms with Gasteiger partial charge in [0.2, 0.25) is 12.7 Å². The van der Waals surface area contributed by atoms with Crippen LogP contribution in [-0.2, 0) is 4.79 Å². The molecule has 3 aromatic rings. The predicted octanol–water partition coefficient (Wildman–Crippen LogP) is 5.80. The zero-order valence-corrected chi connectivity index (χ0v) is 18.6. The number of hydrogen-bond acceptors (Lipinski definition) is 4. The normalized spacial score (nSPS) is 25.7. The molecule has 1 saturated carbocycles. The number of rotatable bonds is 4. The molecule has 34 heavy (non-hydrogen) atoms. The zero-order valence-electron chi connectivity index (χ0n) is 17.8. The van der Waals surface area contributed by atoms with Gasteiger partial charge in [-0.15, -0.1) is 0 Å². The number of carbonyl (C=O) groups is 1. The van der Waals surface area contributed by atoms with Crippen molar-refractivity contribution in [2.45, 2.75) is 30.4 Å². The van der Waals surface area contributed by atoms with E-state index in [0.717, 1.165) is 11.1 Å². The van der Waals surface area contributed by atoms with Crippen LogP contribution >= 0.6 is 11.6 Å². The molecule has 2 aliphatic heterocycles. The molecule has 2 heterocycles. The summed E-state index contributed by atoms with van der Waals surface area (Å²) >= 11 is 6.38. The van der Waals surface area contributed by atoms with Gasteiger partial charge in [0.15, 0.2) is 11.5 Å². The highest BCUT2D eigenvalue weighted by atomic mass is 35.5. The van der Waals surface area contributed by atoms with Gasteiger partial charge in [-0.1, -0.05) is 54.1 Å². The number of carbonyl (C=O) groups excluding carboxylic acids is 1. The number of benzene rings is 3. The fourth-order valence-electron chi connectivity index (χ4n) is 4.92. The molecule has 1 fully saturated rings. The van der Waals surface area contributed by atoms with Crippen LogP contribution in [-0.4, -0.2) is 18.6 Å². The molecule has 0 aromatic heterocycles. The molecular weight excluding hydrogens is 464 g/mol. The highest BCUT2D eigenvalue weighted by molar-refractivity contribution is 6.31. The number of hydrogen-bond donors (Lipinski definition) is 1. The van der Waals surface area contributed by atoms with E-state index in [2.05, 4.69) is 5.32 Å². The Hall–Kier alpha value is -3.32. The Bertz CT molecular complexity index is 1280. The number of ether oxygens (including phenoxy) is 3. The quantitative estimate of drug-likeness (QED) is 0.509. The maximum atomic E-state index is 14.8. The Morgan fingerprint density at radius 2 is 1.68 bits per heavy atom. The molecule has 1 N–H and O–H groups in total. The van der Waals surface area contributed by atoms with Gasteiger partial charge in [0, 0.05) is 22.6 Å². The molecule has 0 spiro atoms. The fraction of sp³-hybridized carbons (Fsp3) is 0.269. The summed E-state index contributed by atoms with van der Waals surface area (Å²) in [6, 6.07) is 18.8. The van der Waals surface area contributed by atoms with Crippen LogP contribution in [0.5, 0.6) is 17.2 Å². The van der Waals surface area contributed by atoms with E-state index in [9.17, 15) is 13.6 Å². The summed E-state index contributed by atoms with van der Waals surface area (Å²) in [5.74, 6) is -4.98. The first kappa shape index (κ1) is 21.2. The number of alkyl halides is 2. The largest absolute Gasteiger partial charge is 0.485 e. The van der Waals surface area contributed by atoms with Crippen LogP contribution in [0.1, 0.15) is 41.2 Å². The SMILES string of the molecule is O=C(NC1CC(c2ccccc2Cl)Oc2ccccc21)C1C(c2ccc3c(c2)OCO3)C1(F)F. The molecular formula is C26H20ClF2NO4. The predicted molar refractivity (Wildman–Crippen MR) is 121 cm³/mol. The highest BCUT2D eigenvalue weighted by Gasteiger charge is 2.72. The fourth-order valence-corrected chi connectivity index (χ4v) is 5.17. The second kappa shape index (κ2) is 7.87. The third-order valence-corrected chi connectivity index (χ3v) is 7.02. The topological polar surface area (TPSA) is 56.8 Å². The number of fused-ring (bicyclic) bond motifs is 2. The van der Waals surface area contributed by atoms with Crippen LogP contribution in [0.4, 0.5) is 8.78 Å². The summed E-state index contributed by atoms with van der Waals surface area (Å²) in [6.45, 7) is 0.0551. The van der Waals surface area contributed by atoms with E-state index in [-0.39, 0.29) is 6.79 Å². The van der Waals surface area contributed by atoms with E-state index >= 15 is 0 Å². The van der Waals surface area contributed by atoms with E-state index in [1.165, 1.54) is 6.07 Å². The zero-order chi connectivity index (χ0) is 23.4. The Morgan fingerprint density at radius 1 is 0.941 bits per heavy atom. The summed E-state index contributed by atoms with van der Waals surface area (Å²) in [7, 11) is 0. The summed E-state index contributed by atoms with van der Waals surface area (Å²) in [4.78, 5) is 13.1. The average molecular weight is 484 g/mol. The lowest BCUT2D eigenvalue weighted by atomic mass is 9.92. The monoisotopic (exact) mass is 483 g/mol. The standard InChI is InChI=1S/C26H20ClF2NO4/c27-17-7-3-1-5-15(17)21-12-18(16-6-2-4-8-19(16)34-21)30-25(31)24-23(26(24,28)29)14-9-10-20-22(11-14)33-13-32-20/h1-11,18,21,23-24H,12-13H2,(H,30,31). The minimum atomic E-state index is -3.15. The summed E-state index contributed by atoms with van der Waals surface area (Å²) in [6.07, 6.45) is -0.0438. The second-order valence-corrected chi connectivity index (χ2v) is 9.11. The lowest BCUT2D eigenvalue weighted by Gasteiger charge is -2.33. The van der Waals surface area contributed by atoms with E-state index < -0.39 is 35.8 Å². The minimum Gasteiger partial charge on any atom is -0.485 e. The highest BCUT2D eigenvalue weighted by Crippen LogP contribution is 2.62. The Morgan fingerprint density at radius 3 is 2.50 bits per heavy atom. The van der Waals surface area contributed by atoms with E-state index in [4.69, 9.17) is 25.8 Å². The third kappa shape index (κ3) is 3.46. The number of halogens is 3. The lowest BCUT2D eigenvalue weighted by Crippen LogP contribution is -2.35. The molecule has 3 aliphatic rings. The van der Waals surface area contributed by atoms with Crippen LogP contribution in [0, 0.1) is 5.92 Å². The molecule has 5 nitrogen and oxygen atoms in total. The van der Waals surface area contributed by atoms with Gasteiger partial charge in [-0.3, -0.25) is 4.79 Å². The summed E-state index contributed by atoms with van der Waals surface area (Å²) in [5.41, 5.74) is 1.89. The van der Waals surface area contributed by atoms with Gasteiger partial charge in [0.1, 0.15) is 17.8 Å². The molecule has 3 aromatic carbocycles. The molecule has 0 radical (unpaired) electrons. The van der Waals surface area contributed by atoms with Crippen LogP contribution in [0.2, 0.25) is 5.02 Å². The van der Waals surface area contributed by atoms with Gasteiger partial charge in [-0.2, -0.15) is 0 Å². The van der Waals surface area contributed by atoms with Gasteiger partial charge in [-0.25, -0.2) is 8.78 Å². The minimum absolute atomic E-state index is 0.0551. The first-order valence-corrected chi connectivity index (χ1v) is 11.4. The van der Waals surface area contributed by atoms with Crippen molar-refractivity contribution in [3.05, 3.63) is 88.4 Å². The Kier molecular flexibility index (Phi) is 4.92. The van der Waals surface area contributed by atoms with Crippen molar-refractivity contribution >= 4 is 17.5 Å². The van der Waals surface area contributed by atoms with Crippen LogP contribution < -0.4 is 19.5 Å². The van der Waals surface area contributed by atoms with Crippen molar-refractivity contribution in [1.29, 1.82) is 0 Å². The summed E-state index contributed by atoms with van der Waals surface area (Å²) in [5, 5.41) is 3.42. The van der Waals surface area contributed by atoms with Crippen molar-refractivity contribution in [1.82, 2.24) is 5.32 Å². The van der Waals surface area contributed by atoms with Crippen LogP contribution in [0.15, 0.2) is 66.7 Å². The van der Waals surface area contributed by atoms with Gasteiger partial charge < -0.3 is 19.5 Å². The molecule has 8 heteroatoms. The molecule has 0 bridgehead atoms. The van der Waals surface area contributed by atoms with Gasteiger partial charge >= 0.3 is 0 Å². The van der Waals surface area contributed by atoms with E-state index in [1.54, 1.807) is 24.3 Å². The molecule has 6 rings (SSSR count). The molecule has 4 atom stereocenters. The maximum Gasteiger partial charge on any atom is 0.268 e.